The van der Waals surface area contributed by atoms with Crippen molar-refractivity contribution in [3.8, 4) is 17.2 Å². The van der Waals surface area contributed by atoms with Crippen LogP contribution in [0.5, 0.6) is 17.2 Å². The number of aromatic nitrogens is 2. The molecule has 2 aromatic carbocycles. The van der Waals surface area contributed by atoms with Crippen molar-refractivity contribution in [3.05, 3.63) is 42.0 Å². The van der Waals surface area contributed by atoms with E-state index in [1.54, 1.807) is 0 Å². The quantitative estimate of drug-likeness (QED) is 0.303. The van der Waals surface area contributed by atoms with Crippen LogP contribution >= 0.6 is 0 Å². The second-order valence-electron chi connectivity index (χ2n) is 10.9. The highest BCUT2D eigenvalue weighted by Crippen LogP contribution is 2.56. The zero-order valence-corrected chi connectivity index (χ0v) is 24.0. The molecule has 3 aromatic rings. The highest BCUT2D eigenvalue weighted by molar-refractivity contribution is 5.90. The second kappa shape index (κ2) is 11.9. The summed E-state index contributed by atoms with van der Waals surface area (Å²) in [6.07, 6.45) is 5.90. The van der Waals surface area contributed by atoms with Gasteiger partial charge in [0.2, 0.25) is 5.95 Å². The molecule has 2 fully saturated rings. The minimum atomic E-state index is 0.392. The van der Waals surface area contributed by atoms with Gasteiger partial charge in [0.1, 0.15) is 11.6 Å². The third-order valence-corrected chi connectivity index (χ3v) is 8.05. The Labute approximate surface area is 232 Å². The van der Waals surface area contributed by atoms with E-state index in [0.29, 0.717) is 37.3 Å². The molecule has 1 heterocycles. The molecule has 0 unspecified atom stereocenters. The first kappa shape index (κ1) is 27.3. The van der Waals surface area contributed by atoms with Crippen molar-refractivity contribution in [1.29, 1.82) is 0 Å². The Morgan fingerprint density at radius 2 is 1.69 bits per heavy atom. The summed E-state index contributed by atoms with van der Waals surface area (Å²) >= 11 is 0. The van der Waals surface area contributed by atoms with Crippen LogP contribution in [-0.4, -0.2) is 56.0 Å². The molecule has 0 amide bonds. The molecule has 8 heteroatoms. The van der Waals surface area contributed by atoms with Crippen LogP contribution in [0.2, 0.25) is 0 Å². The van der Waals surface area contributed by atoms with E-state index in [-0.39, 0.29) is 0 Å². The minimum Gasteiger partial charge on any atom is -0.494 e. The molecule has 2 saturated carbocycles. The third kappa shape index (κ3) is 6.01. The zero-order chi connectivity index (χ0) is 27.4. The zero-order valence-electron chi connectivity index (χ0n) is 24.0. The average Bonchev–Trinajstić information content (AvgIpc) is 3.61. The number of hydrogen-bond donors (Lipinski definition) is 2. The van der Waals surface area contributed by atoms with Crippen LogP contribution in [-0.2, 0) is 6.54 Å². The molecule has 2 N–H and O–H groups in total. The van der Waals surface area contributed by atoms with Gasteiger partial charge in [-0.2, -0.15) is 4.98 Å². The Kier molecular flexibility index (Phi) is 8.31. The van der Waals surface area contributed by atoms with Crippen LogP contribution in [0, 0.1) is 5.41 Å². The Morgan fingerprint density at radius 3 is 2.41 bits per heavy atom. The number of ether oxygens (including phenoxy) is 3. The third-order valence-electron chi connectivity index (χ3n) is 8.05. The summed E-state index contributed by atoms with van der Waals surface area (Å²) in [5.74, 6) is 4.09. The van der Waals surface area contributed by atoms with E-state index < -0.39 is 0 Å². The average molecular weight is 534 g/mol. The van der Waals surface area contributed by atoms with E-state index in [4.69, 9.17) is 24.2 Å². The van der Waals surface area contributed by atoms with Gasteiger partial charge in [-0.3, -0.25) is 0 Å². The van der Waals surface area contributed by atoms with Crippen LogP contribution < -0.4 is 29.7 Å². The molecule has 2 aliphatic carbocycles. The van der Waals surface area contributed by atoms with Crippen molar-refractivity contribution in [2.75, 3.05) is 44.1 Å². The molecule has 1 atom stereocenters. The summed E-state index contributed by atoms with van der Waals surface area (Å²) in [7, 11) is 4.07. The van der Waals surface area contributed by atoms with Gasteiger partial charge in [-0.05, 0) is 76.5 Å². The molecular weight excluding hydrogens is 490 g/mol. The molecule has 8 nitrogen and oxygen atoms in total. The standard InChI is InChI=1S/C31H43N5O3/c1-6-37-23-17-21(28(39-8-3)26(18-23)38-7-2)20-32-27-19-31(27)15-13-22(14-16-31)33-30-34-25-12-10-9-11-24(25)29(35-30)36(4)5/h9-12,17-18,22,27,32H,6-8,13-16,19-20H2,1-5H3,(H,33,34,35)/t22?,27-,31?/m1/s1. The lowest BCUT2D eigenvalue weighted by molar-refractivity contribution is 0.277. The van der Waals surface area contributed by atoms with Gasteiger partial charge >= 0.3 is 0 Å². The van der Waals surface area contributed by atoms with E-state index in [9.17, 15) is 0 Å². The van der Waals surface area contributed by atoms with E-state index in [2.05, 4.69) is 33.7 Å². The summed E-state index contributed by atoms with van der Waals surface area (Å²) in [5.41, 5.74) is 2.46. The number of anilines is 2. The summed E-state index contributed by atoms with van der Waals surface area (Å²) in [6.45, 7) is 8.55. The van der Waals surface area contributed by atoms with Gasteiger partial charge in [0.05, 0.1) is 25.3 Å². The van der Waals surface area contributed by atoms with Crippen molar-refractivity contribution in [3.63, 3.8) is 0 Å². The number of hydrogen-bond acceptors (Lipinski definition) is 8. The van der Waals surface area contributed by atoms with Gasteiger partial charge in [0.15, 0.2) is 11.5 Å². The number of rotatable bonds is 12. The summed E-state index contributed by atoms with van der Waals surface area (Å²) in [5, 5.41) is 8.56. The van der Waals surface area contributed by atoms with Crippen molar-refractivity contribution in [2.24, 2.45) is 5.41 Å². The van der Waals surface area contributed by atoms with Crippen molar-refractivity contribution >= 4 is 22.7 Å². The lowest BCUT2D eigenvalue weighted by atomic mass is 9.83. The number of fused-ring (bicyclic) bond motifs is 1. The van der Waals surface area contributed by atoms with Crippen LogP contribution in [0.1, 0.15) is 58.4 Å². The maximum Gasteiger partial charge on any atom is 0.225 e. The lowest BCUT2D eigenvalue weighted by Gasteiger charge is -2.30. The van der Waals surface area contributed by atoms with Crippen LogP contribution in [0.15, 0.2) is 36.4 Å². The highest BCUT2D eigenvalue weighted by Gasteiger charge is 2.54. The normalized spacial score (nSPS) is 22.1. The van der Waals surface area contributed by atoms with Crippen molar-refractivity contribution in [1.82, 2.24) is 15.3 Å². The highest BCUT2D eigenvalue weighted by atomic mass is 16.5. The molecule has 1 aromatic heterocycles. The fourth-order valence-electron chi connectivity index (χ4n) is 5.99. The largest absolute Gasteiger partial charge is 0.494 e. The molecule has 0 aliphatic heterocycles. The van der Waals surface area contributed by atoms with Crippen molar-refractivity contribution in [2.45, 2.75) is 71.5 Å². The Balaban J connectivity index is 1.20. The maximum absolute atomic E-state index is 6.02. The van der Waals surface area contributed by atoms with Gasteiger partial charge in [0.25, 0.3) is 0 Å². The van der Waals surface area contributed by atoms with E-state index in [1.807, 2.05) is 53.1 Å². The van der Waals surface area contributed by atoms with Gasteiger partial charge < -0.3 is 29.7 Å². The van der Waals surface area contributed by atoms with Gasteiger partial charge in [-0.25, -0.2) is 4.98 Å². The topological polar surface area (TPSA) is 80.8 Å². The van der Waals surface area contributed by atoms with Crippen LogP contribution in [0.25, 0.3) is 10.9 Å². The summed E-state index contributed by atoms with van der Waals surface area (Å²) in [4.78, 5) is 11.7. The fraction of sp³-hybridized carbons (Fsp3) is 0.548. The second-order valence-corrected chi connectivity index (χ2v) is 10.9. The monoisotopic (exact) mass is 533 g/mol. The molecule has 2 aliphatic rings. The molecule has 210 valence electrons. The fourth-order valence-corrected chi connectivity index (χ4v) is 5.99. The van der Waals surface area contributed by atoms with E-state index >= 15 is 0 Å². The first-order chi connectivity index (χ1) is 19.0. The summed E-state index contributed by atoms with van der Waals surface area (Å²) < 4.78 is 17.7. The molecule has 39 heavy (non-hydrogen) atoms. The van der Waals surface area contributed by atoms with Crippen molar-refractivity contribution < 1.29 is 14.2 Å². The predicted molar refractivity (Wildman–Crippen MR) is 157 cm³/mol. The predicted octanol–water partition coefficient (Wildman–Crippen LogP) is 5.79. The first-order valence-electron chi connectivity index (χ1n) is 14.5. The van der Waals surface area contributed by atoms with Gasteiger partial charge in [-0.15, -0.1) is 0 Å². The molecule has 1 spiro atoms. The number of nitrogens with one attached hydrogen (secondary N) is 2. The number of benzene rings is 2. The molecular formula is C31H43N5O3. The maximum atomic E-state index is 6.02. The molecule has 0 bridgehead atoms. The first-order valence-corrected chi connectivity index (χ1v) is 14.5. The van der Waals surface area contributed by atoms with Crippen LogP contribution in [0.3, 0.4) is 0 Å². The minimum absolute atomic E-state index is 0.392. The van der Waals surface area contributed by atoms with Crippen LogP contribution in [0.4, 0.5) is 11.8 Å². The van der Waals surface area contributed by atoms with Gasteiger partial charge in [-0.1, -0.05) is 12.1 Å². The summed E-state index contributed by atoms with van der Waals surface area (Å²) in [6, 6.07) is 13.2. The molecule has 0 saturated heterocycles. The Hall–Kier alpha value is -3.26. The Morgan fingerprint density at radius 1 is 0.949 bits per heavy atom. The smallest absolute Gasteiger partial charge is 0.225 e. The lowest BCUT2D eigenvalue weighted by Crippen LogP contribution is -2.32. The SMILES string of the molecule is CCOc1cc(CN[C@@H]2CC23CCC(Nc2nc(N(C)C)c4ccccc4n2)CC3)c(OCC)c(OCC)c1. The number of para-hydroxylation sites is 1. The van der Waals surface area contributed by atoms with E-state index in [0.717, 1.165) is 64.9 Å². The molecule has 0 radical (unpaired) electrons. The van der Waals surface area contributed by atoms with E-state index in [1.165, 1.54) is 19.3 Å². The number of nitrogens with zero attached hydrogens (tertiary/aromatic N) is 3. The Bertz CT molecular complexity index is 1270. The molecule has 5 rings (SSSR count). The van der Waals surface area contributed by atoms with Gasteiger partial charge in [0, 0.05) is 49.7 Å².